The van der Waals surface area contributed by atoms with E-state index in [1.165, 1.54) is 6.92 Å². The van der Waals surface area contributed by atoms with Gasteiger partial charge in [-0.05, 0) is 28.9 Å². The number of aromatic nitrogens is 1. The first kappa shape index (κ1) is 10.1. The number of alkyl halides is 2. The van der Waals surface area contributed by atoms with Gasteiger partial charge in [-0.1, -0.05) is 0 Å². The Labute approximate surface area is 82.3 Å². The summed E-state index contributed by atoms with van der Waals surface area (Å²) in [6, 6.07) is 3.04. The van der Waals surface area contributed by atoms with E-state index in [2.05, 4.69) is 20.9 Å². The number of hydrogen-bond acceptors (Lipinski definition) is 2. The number of rotatable bonds is 1. The molecule has 0 aliphatic rings. The average Bonchev–Trinajstić information content (AvgIpc) is 2.03. The van der Waals surface area contributed by atoms with Crippen LogP contribution in [0.4, 0.5) is 8.78 Å². The molecule has 0 atom stereocenters. The molecule has 0 amide bonds. The Kier molecular flexibility index (Phi) is 2.94. The second kappa shape index (κ2) is 3.79. The number of nitriles is 1. The van der Waals surface area contributed by atoms with E-state index in [4.69, 9.17) is 5.26 Å². The highest BCUT2D eigenvalue weighted by molar-refractivity contribution is 9.10. The minimum absolute atomic E-state index is 0.296. The highest BCUT2D eigenvalue weighted by Crippen LogP contribution is 2.24. The van der Waals surface area contributed by atoms with Crippen LogP contribution in [0.3, 0.4) is 0 Å². The molecule has 0 unspecified atom stereocenters. The lowest BCUT2D eigenvalue weighted by Gasteiger charge is -2.03. The van der Waals surface area contributed by atoms with Crippen LogP contribution in [-0.4, -0.2) is 4.98 Å². The zero-order chi connectivity index (χ0) is 10.0. The molecular weight excluding hydrogens is 242 g/mol. The van der Waals surface area contributed by atoms with Gasteiger partial charge in [-0.3, -0.25) is 4.98 Å². The molecule has 0 spiro atoms. The Bertz CT molecular complexity index is 348. The SMILES string of the molecule is Cc1nc(C(F)F)cc(Br)c1C#N. The molecule has 0 bridgehead atoms. The quantitative estimate of drug-likeness (QED) is 0.764. The summed E-state index contributed by atoms with van der Waals surface area (Å²) in [5.74, 6) is 0. The third-order valence-electron chi connectivity index (χ3n) is 1.51. The lowest BCUT2D eigenvalue weighted by molar-refractivity contribution is 0.146. The zero-order valence-electron chi connectivity index (χ0n) is 6.68. The van der Waals surface area contributed by atoms with Crippen molar-refractivity contribution in [2.45, 2.75) is 13.3 Å². The van der Waals surface area contributed by atoms with Crippen molar-refractivity contribution in [3.05, 3.63) is 27.5 Å². The molecule has 0 aliphatic heterocycles. The van der Waals surface area contributed by atoms with Gasteiger partial charge in [-0.15, -0.1) is 0 Å². The van der Waals surface area contributed by atoms with Gasteiger partial charge in [0.2, 0.25) is 0 Å². The smallest absolute Gasteiger partial charge is 0.251 e. The third kappa shape index (κ3) is 2.01. The first-order valence-electron chi connectivity index (χ1n) is 3.41. The number of halogens is 3. The van der Waals surface area contributed by atoms with E-state index in [1.807, 2.05) is 6.07 Å². The zero-order valence-corrected chi connectivity index (χ0v) is 8.27. The van der Waals surface area contributed by atoms with Gasteiger partial charge >= 0.3 is 0 Å². The van der Waals surface area contributed by atoms with Crippen molar-refractivity contribution in [3.8, 4) is 6.07 Å². The fourth-order valence-corrected chi connectivity index (χ4v) is 1.51. The van der Waals surface area contributed by atoms with Gasteiger partial charge < -0.3 is 0 Å². The van der Waals surface area contributed by atoms with E-state index < -0.39 is 6.43 Å². The minimum atomic E-state index is -2.61. The number of hydrogen-bond donors (Lipinski definition) is 0. The van der Waals surface area contributed by atoms with Crippen LogP contribution in [-0.2, 0) is 0 Å². The molecule has 0 fully saturated rings. The topological polar surface area (TPSA) is 36.7 Å². The van der Waals surface area contributed by atoms with Gasteiger partial charge in [0.15, 0.2) is 0 Å². The van der Waals surface area contributed by atoms with Crippen molar-refractivity contribution in [3.63, 3.8) is 0 Å². The summed E-state index contributed by atoms with van der Waals surface area (Å²) in [5.41, 5.74) is 0.292. The minimum Gasteiger partial charge on any atom is -0.251 e. The fourth-order valence-electron chi connectivity index (χ4n) is 0.903. The third-order valence-corrected chi connectivity index (χ3v) is 2.13. The van der Waals surface area contributed by atoms with Gasteiger partial charge in [0, 0.05) is 4.47 Å². The monoisotopic (exact) mass is 246 g/mol. The van der Waals surface area contributed by atoms with Gasteiger partial charge in [0.1, 0.15) is 11.8 Å². The molecule has 0 N–H and O–H groups in total. The summed E-state index contributed by atoms with van der Waals surface area (Å²) in [4.78, 5) is 3.60. The predicted octanol–water partition coefficient (Wildman–Crippen LogP) is 2.96. The van der Waals surface area contributed by atoms with E-state index >= 15 is 0 Å². The summed E-state index contributed by atoms with van der Waals surface area (Å²) >= 11 is 3.03. The molecular formula is C8H5BrF2N2. The average molecular weight is 247 g/mol. The first-order chi connectivity index (χ1) is 6.06. The van der Waals surface area contributed by atoms with Crippen molar-refractivity contribution in [2.75, 3.05) is 0 Å². The molecule has 0 saturated carbocycles. The second-order valence-corrected chi connectivity index (χ2v) is 3.26. The Balaban J connectivity index is 3.30. The summed E-state index contributed by atoms with van der Waals surface area (Å²) < 4.78 is 24.8. The Morgan fingerprint density at radius 2 is 2.23 bits per heavy atom. The van der Waals surface area contributed by atoms with E-state index in [0.29, 0.717) is 15.7 Å². The summed E-state index contributed by atoms with van der Waals surface area (Å²) in [6.07, 6.45) is -2.61. The van der Waals surface area contributed by atoms with Crippen LogP contribution < -0.4 is 0 Å². The molecule has 13 heavy (non-hydrogen) atoms. The molecule has 0 aromatic carbocycles. The number of pyridine rings is 1. The standard InChI is InChI=1S/C8H5BrF2N2/c1-4-5(3-12)6(9)2-7(13-4)8(10)11/h2,8H,1H3. The molecule has 0 aliphatic carbocycles. The molecule has 5 heteroatoms. The Hall–Kier alpha value is -1.02. The number of aryl methyl sites for hydroxylation is 1. The van der Waals surface area contributed by atoms with Crippen molar-refractivity contribution in [2.24, 2.45) is 0 Å². The maximum absolute atomic E-state index is 12.2. The highest BCUT2D eigenvalue weighted by Gasteiger charge is 2.13. The molecule has 1 rings (SSSR count). The molecule has 1 heterocycles. The first-order valence-corrected chi connectivity index (χ1v) is 4.21. The maximum atomic E-state index is 12.2. The molecule has 68 valence electrons. The van der Waals surface area contributed by atoms with Crippen LogP contribution in [0, 0.1) is 18.3 Å². The largest absolute Gasteiger partial charge is 0.280 e. The predicted molar refractivity (Wildman–Crippen MR) is 46.3 cm³/mol. The van der Waals surface area contributed by atoms with Crippen LogP contribution in [0.5, 0.6) is 0 Å². The van der Waals surface area contributed by atoms with Crippen molar-refractivity contribution >= 4 is 15.9 Å². The molecule has 2 nitrogen and oxygen atoms in total. The maximum Gasteiger partial charge on any atom is 0.280 e. The lowest BCUT2D eigenvalue weighted by Crippen LogP contribution is -1.96. The Morgan fingerprint density at radius 1 is 1.62 bits per heavy atom. The van der Waals surface area contributed by atoms with Crippen LogP contribution >= 0.6 is 15.9 Å². The normalized spacial score (nSPS) is 10.2. The Morgan fingerprint density at radius 3 is 2.62 bits per heavy atom. The lowest BCUT2D eigenvalue weighted by atomic mass is 10.2. The fraction of sp³-hybridized carbons (Fsp3) is 0.250. The molecule has 0 saturated heterocycles. The van der Waals surface area contributed by atoms with Gasteiger partial charge in [0.05, 0.1) is 11.3 Å². The van der Waals surface area contributed by atoms with Crippen molar-refractivity contribution in [1.29, 1.82) is 5.26 Å². The summed E-state index contributed by atoms with van der Waals surface area (Å²) in [5, 5.41) is 8.62. The van der Waals surface area contributed by atoms with Crippen LogP contribution in [0.1, 0.15) is 23.4 Å². The van der Waals surface area contributed by atoms with Crippen molar-refractivity contribution < 1.29 is 8.78 Å². The molecule has 0 radical (unpaired) electrons. The van der Waals surface area contributed by atoms with Crippen molar-refractivity contribution in [1.82, 2.24) is 4.98 Å². The van der Waals surface area contributed by atoms with Crippen LogP contribution in [0.15, 0.2) is 10.5 Å². The molecule has 1 aromatic rings. The van der Waals surface area contributed by atoms with E-state index in [0.717, 1.165) is 6.07 Å². The summed E-state index contributed by atoms with van der Waals surface area (Å²) in [6.45, 7) is 1.52. The van der Waals surface area contributed by atoms with E-state index in [-0.39, 0.29) is 5.69 Å². The second-order valence-electron chi connectivity index (χ2n) is 2.40. The molecule has 1 aromatic heterocycles. The summed E-state index contributed by atoms with van der Waals surface area (Å²) in [7, 11) is 0. The number of nitrogens with zero attached hydrogens (tertiary/aromatic N) is 2. The highest BCUT2D eigenvalue weighted by atomic mass is 79.9. The van der Waals surface area contributed by atoms with E-state index in [9.17, 15) is 8.78 Å². The van der Waals surface area contributed by atoms with Gasteiger partial charge in [-0.2, -0.15) is 5.26 Å². The van der Waals surface area contributed by atoms with Crippen LogP contribution in [0.2, 0.25) is 0 Å². The van der Waals surface area contributed by atoms with Gasteiger partial charge in [0.25, 0.3) is 6.43 Å². The van der Waals surface area contributed by atoms with Crippen LogP contribution in [0.25, 0.3) is 0 Å². The van der Waals surface area contributed by atoms with Gasteiger partial charge in [-0.25, -0.2) is 8.78 Å². The van der Waals surface area contributed by atoms with E-state index in [1.54, 1.807) is 0 Å².